The van der Waals surface area contributed by atoms with Gasteiger partial charge in [-0.05, 0) is 31.2 Å². The number of hydrogen-bond acceptors (Lipinski definition) is 5. The predicted molar refractivity (Wildman–Crippen MR) is 91.7 cm³/mol. The quantitative estimate of drug-likeness (QED) is 0.623. The minimum atomic E-state index is 0.159. The van der Waals surface area contributed by atoms with Gasteiger partial charge in [-0.1, -0.05) is 12.1 Å². The lowest BCUT2D eigenvalue weighted by molar-refractivity contribution is 0.477. The van der Waals surface area contributed by atoms with Gasteiger partial charge in [0.05, 0.1) is 18.2 Å². The molecule has 0 saturated carbocycles. The SMILES string of the molecule is CCn1cnc(-c2ccccc2O)c1-c1ccc2ncc(C#N)n2n1. The highest BCUT2D eigenvalue weighted by Gasteiger charge is 2.19. The van der Waals surface area contributed by atoms with Crippen molar-refractivity contribution < 1.29 is 5.11 Å². The van der Waals surface area contributed by atoms with Crippen molar-refractivity contribution in [1.29, 1.82) is 5.26 Å². The van der Waals surface area contributed by atoms with Gasteiger partial charge in [-0.3, -0.25) is 0 Å². The van der Waals surface area contributed by atoms with Crippen LogP contribution in [0.15, 0.2) is 48.9 Å². The number of phenolic OH excluding ortho intramolecular Hbond substituents is 1. The van der Waals surface area contributed by atoms with Crippen LogP contribution in [0.4, 0.5) is 0 Å². The molecule has 0 aliphatic heterocycles. The number of nitrogens with zero attached hydrogens (tertiary/aromatic N) is 6. The standard InChI is InChI=1S/C18H14N6O/c1-2-23-11-21-17(13-5-3-4-6-15(13)25)18(23)14-7-8-16-20-10-12(9-19)24(16)22-14/h3-8,10-11,25H,2H2,1H3. The zero-order valence-electron chi connectivity index (χ0n) is 13.5. The minimum Gasteiger partial charge on any atom is -0.507 e. The van der Waals surface area contributed by atoms with Crippen molar-refractivity contribution in [3.63, 3.8) is 0 Å². The number of para-hydroxylation sites is 1. The molecule has 0 atom stereocenters. The molecule has 4 aromatic rings. The number of aromatic nitrogens is 5. The molecule has 122 valence electrons. The number of nitriles is 1. The maximum Gasteiger partial charge on any atom is 0.162 e. The van der Waals surface area contributed by atoms with Gasteiger partial charge in [0.25, 0.3) is 0 Å². The van der Waals surface area contributed by atoms with Crippen LogP contribution < -0.4 is 0 Å². The Balaban J connectivity index is 1.98. The summed E-state index contributed by atoms with van der Waals surface area (Å²) in [5.41, 5.74) is 3.68. The Hall–Kier alpha value is -3.66. The summed E-state index contributed by atoms with van der Waals surface area (Å²) in [7, 11) is 0. The fourth-order valence-electron chi connectivity index (χ4n) is 2.84. The molecule has 3 aromatic heterocycles. The zero-order chi connectivity index (χ0) is 17.4. The van der Waals surface area contributed by atoms with Crippen molar-refractivity contribution in [1.82, 2.24) is 24.1 Å². The van der Waals surface area contributed by atoms with Crippen molar-refractivity contribution in [2.75, 3.05) is 0 Å². The number of hydrogen-bond donors (Lipinski definition) is 1. The lowest BCUT2D eigenvalue weighted by atomic mass is 10.1. The summed E-state index contributed by atoms with van der Waals surface area (Å²) >= 11 is 0. The van der Waals surface area contributed by atoms with Crippen LogP contribution in [0.3, 0.4) is 0 Å². The van der Waals surface area contributed by atoms with Crippen LogP contribution in [-0.4, -0.2) is 29.3 Å². The molecule has 7 heteroatoms. The van der Waals surface area contributed by atoms with E-state index in [1.807, 2.05) is 35.8 Å². The molecule has 1 aromatic carbocycles. The van der Waals surface area contributed by atoms with E-state index >= 15 is 0 Å². The van der Waals surface area contributed by atoms with E-state index in [4.69, 9.17) is 0 Å². The van der Waals surface area contributed by atoms with Crippen LogP contribution in [0.5, 0.6) is 5.75 Å². The van der Waals surface area contributed by atoms with E-state index in [9.17, 15) is 10.4 Å². The lowest BCUT2D eigenvalue weighted by Crippen LogP contribution is -2.02. The van der Waals surface area contributed by atoms with Crippen molar-refractivity contribution >= 4 is 5.65 Å². The second-order valence-corrected chi connectivity index (χ2v) is 5.49. The first-order valence-corrected chi connectivity index (χ1v) is 7.81. The van der Waals surface area contributed by atoms with Gasteiger partial charge in [-0.25, -0.2) is 14.5 Å². The van der Waals surface area contributed by atoms with Crippen LogP contribution in [0.1, 0.15) is 12.6 Å². The second kappa shape index (κ2) is 5.76. The predicted octanol–water partition coefficient (Wildman–Crippen LogP) is 2.86. The molecule has 7 nitrogen and oxygen atoms in total. The van der Waals surface area contributed by atoms with Crippen LogP contribution in [-0.2, 0) is 6.54 Å². The molecule has 0 radical (unpaired) electrons. The summed E-state index contributed by atoms with van der Waals surface area (Å²) in [4.78, 5) is 8.64. The van der Waals surface area contributed by atoms with E-state index in [1.54, 1.807) is 18.5 Å². The maximum atomic E-state index is 10.2. The number of aryl methyl sites for hydroxylation is 1. The first kappa shape index (κ1) is 14.9. The smallest absolute Gasteiger partial charge is 0.162 e. The lowest BCUT2D eigenvalue weighted by Gasteiger charge is -2.09. The van der Waals surface area contributed by atoms with Crippen LogP contribution in [0.25, 0.3) is 28.3 Å². The van der Waals surface area contributed by atoms with Gasteiger partial charge in [0.15, 0.2) is 11.3 Å². The molecule has 0 amide bonds. The van der Waals surface area contributed by atoms with E-state index in [-0.39, 0.29) is 5.75 Å². The third-order valence-corrected chi connectivity index (χ3v) is 4.06. The third kappa shape index (κ3) is 2.32. The average molecular weight is 330 g/mol. The van der Waals surface area contributed by atoms with E-state index in [0.29, 0.717) is 34.8 Å². The van der Waals surface area contributed by atoms with Crippen LogP contribution in [0.2, 0.25) is 0 Å². The van der Waals surface area contributed by atoms with Crippen molar-refractivity contribution in [3.8, 4) is 34.5 Å². The Bertz CT molecular complexity index is 1120. The zero-order valence-corrected chi connectivity index (χ0v) is 13.5. The molecule has 25 heavy (non-hydrogen) atoms. The fraction of sp³-hybridized carbons (Fsp3) is 0.111. The third-order valence-electron chi connectivity index (χ3n) is 4.06. The molecule has 0 aliphatic rings. The molecular weight excluding hydrogens is 316 g/mol. The second-order valence-electron chi connectivity index (χ2n) is 5.49. The number of fused-ring (bicyclic) bond motifs is 1. The first-order chi connectivity index (χ1) is 12.2. The van der Waals surface area contributed by atoms with Gasteiger partial charge in [0.1, 0.15) is 23.2 Å². The van der Waals surface area contributed by atoms with E-state index < -0.39 is 0 Å². The molecular formula is C18H14N6O. The molecule has 0 saturated heterocycles. The highest BCUT2D eigenvalue weighted by atomic mass is 16.3. The number of benzene rings is 1. The van der Waals surface area contributed by atoms with Crippen molar-refractivity contribution in [3.05, 3.63) is 54.6 Å². The van der Waals surface area contributed by atoms with Gasteiger partial charge in [-0.2, -0.15) is 10.4 Å². The summed E-state index contributed by atoms with van der Waals surface area (Å²) < 4.78 is 3.47. The van der Waals surface area contributed by atoms with E-state index in [2.05, 4.69) is 21.1 Å². The van der Waals surface area contributed by atoms with Crippen molar-refractivity contribution in [2.24, 2.45) is 0 Å². The topological polar surface area (TPSA) is 92.0 Å². The molecule has 3 heterocycles. The van der Waals surface area contributed by atoms with E-state index in [0.717, 1.165) is 5.69 Å². The normalized spacial score (nSPS) is 10.9. The fourth-order valence-corrected chi connectivity index (χ4v) is 2.84. The number of phenols is 1. The summed E-state index contributed by atoms with van der Waals surface area (Å²) in [6.45, 7) is 2.71. The molecule has 1 N–H and O–H groups in total. The summed E-state index contributed by atoms with van der Waals surface area (Å²) in [5, 5.41) is 24.0. The molecule has 4 rings (SSSR count). The van der Waals surface area contributed by atoms with Crippen LogP contribution in [0, 0.1) is 11.3 Å². The molecule has 0 unspecified atom stereocenters. The van der Waals surface area contributed by atoms with Gasteiger partial charge in [0, 0.05) is 12.1 Å². The Morgan fingerprint density at radius 3 is 2.76 bits per heavy atom. The molecule has 0 fully saturated rings. The summed E-state index contributed by atoms with van der Waals surface area (Å²) in [6, 6.07) is 12.8. The van der Waals surface area contributed by atoms with E-state index in [1.165, 1.54) is 10.7 Å². The molecule has 0 aliphatic carbocycles. The average Bonchev–Trinajstić information content (AvgIpc) is 3.25. The number of aromatic hydroxyl groups is 1. The molecule has 0 spiro atoms. The number of imidazole rings is 2. The Kier molecular flexibility index (Phi) is 3.43. The number of rotatable bonds is 3. The monoisotopic (exact) mass is 330 g/mol. The Labute approximate surface area is 143 Å². The molecule has 0 bridgehead atoms. The van der Waals surface area contributed by atoms with Crippen LogP contribution >= 0.6 is 0 Å². The minimum absolute atomic E-state index is 0.159. The van der Waals surface area contributed by atoms with Gasteiger partial charge >= 0.3 is 0 Å². The Morgan fingerprint density at radius 1 is 1.16 bits per heavy atom. The van der Waals surface area contributed by atoms with Gasteiger partial charge < -0.3 is 9.67 Å². The highest BCUT2D eigenvalue weighted by molar-refractivity contribution is 5.80. The maximum absolute atomic E-state index is 10.2. The summed E-state index contributed by atoms with van der Waals surface area (Å²) in [5.74, 6) is 0.159. The highest BCUT2D eigenvalue weighted by Crippen LogP contribution is 2.35. The largest absolute Gasteiger partial charge is 0.507 e. The summed E-state index contributed by atoms with van der Waals surface area (Å²) in [6.07, 6.45) is 3.22. The van der Waals surface area contributed by atoms with Gasteiger partial charge in [-0.15, -0.1) is 0 Å². The Morgan fingerprint density at radius 2 is 2.00 bits per heavy atom. The van der Waals surface area contributed by atoms with Crippen molar-refractivity contribution in [2.45, 2.75) is 13.5 Å². The first-order valence-electron chi connectivity index (χ1n) is 7.81. The van der Waals surface area contributed by atoms with Gasteiger partial charge in [0.2, 0.25) is 0 Å².